The first-order valence-corrected chi connectivity index (χ1v) is 8.11. The van der Waals surface area contributed by atoms with E-state index in [9.17, 15) is 9.18 Å². The molecule has 0 bridgehead atoms. The predicted molar refractivity (Wildman–Crippen MR) is 94.8 cm³/mol. The maximum atomic E-state index is 12.9. The Morgan fingerprint density at radius 1 is 1.20 bits per heavy atom. The van der Waals surface area contributed by atoms with Crippen LogP contribution in [0.15, 0.2) is 58.4 Å². The Balaban J connectivity index is 1.72. The van der Waals surface area contributed by atoms with E-state index in [1.807, 2.05) is 6.07 Å². The lowest BCUT2D eigenvalue weighted by Gasteiger charge is -2.01. The van der Waals surface area contributed by atoms with Crippen LogP contribution < -0.4 is 10.1 Å². The molecule has 2 aromatic carbocycles. The average Bonchev–Trinajstić information content (AvgIpc) is 2.95. The average molecular weight is 353 g/mol. The highest BCUT2D eigenvalue weighted by molar-refractivity contribution is 8.18. The van der Waals surface area contributed by atoms with Gasteiger partial charge in [0.25, 0.3) is 5.91 Å². The molecule has 0 radical (unpaired) electrons. The third-order valence-electron chi connectivity index (χ3n) is 3.19. The van der Waals surface area contributed by atoms with Gasteiger partial charge >= 0.3 is 0 Å². The molecule has 25 heavy (non-hydrogen) atoms. The van der Waals surface area contributed by atoms with E-state index >= 15 is 0 Å². The topological polar surface area (TPSA) is 74.5 Å². The second-order valence-corrected chi connectivity index (χ2v) is 6.00. The minimum atomic E-state index is -0.338. The van der Waals surface area contributed by atoms with E-state index in [4.69, 9.17) is 10.00 Å². The van der Waals surface area contributed by atoms with E-state index < -0.39 is 0 Å². The summed E-state index contributed by atoms with van der Waals surface area (Å²) in [6.45, 7) is -0.0120. The summed E-state index contributed by atoms with van der Waals surface area (Å²) in [6.07, 6.45) is 1.74. The second-order valence-electron chi connectivity index (χ2n) is 4.97. The van der Waals surface area contributed by atoms with Crippen LogP contribution in [0.5, 0.6) is 5.75 Å². The van der Waals surface area contributed by atoms with Crippen molar-refractivity contribution < 1.29 is 13.9 Å². The predicted octanol–water partition coefficient (Wildman–Crippen LogP) is 3.62. The van der Waals surface area contributed by atoms with Crippen LogP contribution in [-0.2, 0) is 4.79 Å². The summed E-state index contributed by atoms with van der Waals surface area (Å²) in [4.78, 5) is 16.8. The van der Waals surface area contributed by atoms with Crippen LogP contribution in [0.3, 0.4) is 0 Å². The van der Waals surface area contributed by atoms with E-state index in [0.717, 1.165) is 5.56 Å². The van der Waals surface area contributed by atoms with Crippen molar-refractivity contribution in [1.29, 1.82) is 5.26 Å². The van der Waals surface area contributed by atoms with Crippen LogP contribution in [0.1, 0.15) is 5.56 Å². The summed E-state index contributed by atoms with van der Waals surface area (Å²) in [6, 6.07) is 14.7. The number of halogens is 1. The van der Waals surface area contributed by atoms with E-state index in [0.29, 0.717) is 21.5 Å². The molecule has 0 atom stereocenters. The Labute approximate surface area is 147 Å². The van der Waals surface area contributed by atoms with Gasteiger partial charge in [0.05, 0.1) is 10.6 Å². The van der Waals surface area contributed by atoms with Gasteiger partial charge in [0.2, 0.25) is 0 Å². The first kappa shape index (κ1) is 16.7. The lowest BCUT2D eigenvalue weighted by molar-refractivity contribution is -0.115. The van der Waals surface area contributed by atoms with E-state index in [1.54, 1.807) is 30.3 Å². The number of amidine groups is 1. The molecule has 1 N–H and O–H groups in total. The summed E-state index contributed by atoms with van der Waals surface area (Å²) >= 11 is 1.21. The molecule has 7 heteroatoms. The fourth-order valence-corrected chi connectivity index (χ4v) is 2.88. The Hall–Kier alpha value is -3.11. The highest BCUT2D eigenvalue weighted by Crippen LogP contribution is 2.28. The Bertz CT molecular complexity index is 884. The molecule has 1 aliphatic heterocycles. The number of thioether (sulfide) groups is 1. The summed E-state index contributed by atoms with van der Waals surface area (Å²) in [5.74, 6) is 0.0105. The fraction of sp³-hybridized carbons (Fsp3) is 0.0556. The molecule has 0 saturated carbocycles. The number of nitriles is 1. The van der Waals surface area contributed by atoms with Gasteiger partial charge in [-0.2, -0.15) is 5.26 Å². The van der Waals surface area contributed by atoms with Crippen LogP contribution in [0.4, 0.5) is 10.1 Å². The van der Waals surface area contributed by atoms with Gasteiger partial charge < -0.3 is 10.1 Å². The van der Waals surface area contributed by atoms with Gasteiger partial charge in [-0.15, -0.1) is 0 Å². The lowest BCUT2D eigenvalue weighted by Crippen LogP contribution is -2.19. The molecular formula is C18H12FN3O2S. The molecule has 3 rings (SSSR count). The number of nitrogens with zero attached hydrogens (tertiary/aromatic N) is 2. The highest BCUT2D eigenvalue weighted by atomic mass is 32.2. The number of carbonyl (C=O) groups is 1. The molecule has 2 aromatic rings. The third-order valence-corrected chi connectivity index (χ3v) is 4.10. The molecule has 0 spiro atoms. The first-order chi connectivity index (χ1) is 12.1. The summed E-state index contributed by atoms with van der Waals surface area (Å²) in [7, 11) is 0. The number of nitrogens with one attached hydrogen (secondary N) is 1. The number of rotatable bonds is 4. The highest BCUT2D eigenvalue weighted by Gasteiger charge is 2.23. The molecular weight excluding hydrogens is 341 g/mol. The molecule has 1 heterocycles. The maximum absolute atomic E-state index is 12.9. The van der Waals surface area contributed by atoms with Crippen molar-refractivity contribution in [2.24, 2.45) is 4.99 Å². The van der Waals surface area contributed by atoms with Crippen LogP contribution in [0, 0.1) is 17.1 Å². The third kappa shape index (κ3) is 4.46. The number of amides is 1. The number of benzene rings is 2. The standard InChI is InChI=1S/C18H12FN3O2S/c19-13-3-5-14(6-4-13)21-18-22-17(23)16(25-18)11-12-1-7-15(8-2-12)24-10-9-20/h1-8,11H,10H2,(H,21,22,23). The van der Waals surface area contributed by atoms with Crippen molar-refractivity contribution in [3.8, 4) is 11.8 Å². The van der Waals surface area contributed by atoms with Crippen molar-refractivity contribution in [2.45, 2.75) is 0 Å². The van der Waals surface area contributed by atoms with Crippen molar-refractivity contribution in [1.82, 2.24) is 5.32 Å². The molecule has 1 amide bonds. The minimum absolute atomic E-state index is 0.0120. The van der Waals surface area contributed by atoms with Crippen LogP contribution in [0.2, 0.25) is 0 Å². The van der Waals surface area contributed by atoms with E-state index in [2.05, 4.69) is 10.3 Å². The summed E-state index contributed by atoms with van der Waals surface area (Å²) in [5, 5.41) is 11.6. The van der Waals surface area contributed by atoms with Crippen molar-refractivity contribution in [2.75, 3.05) is 6.61 Å². The fourth-order valence-electron chi connectivity index (χ4n) is 2.04. The van der Waals surface area contributed by atoms with Gasteiger partial charge in [0, 0.05) is 0 Å². The van der Waals surface area contributed by atoms with Crippen molar-refractivity contribution >= 4 is 34.6 Å². The smallest absolute Gasteiger partial charge is 0.264 e. The van der Waals surface area contributed by atoms with Gasteiger partial charge in [-0.25, -0.2) is 9.38 Å². The molecule has 1 aliphatic rings. The van der Waals surface area contributed by atoms with Gasteiger partial charge in [0.15, 0.2) is 11.8 Å². The monoisotopic (exact) mass is 353 g/mol. The number of hydrogen-bond donors (Lipinski definition) is 1. The molecule has 0 aliphatic carbocycles. The summed E-state index contributed by atoms with van der Waals surface area (Å²) in [5.41, 5.74) is 1.38. The molecule has 124 valence electrons. The Kier molecular flexibility index (Phi) is 5.11. The number of carbonyl (C=O) groups excluding carboxylic acids is 1. The maximum Gasteiger partial charge on any atom is 0.264 e. The van der Waals surface area contributed by atoms with E-state index in [-0.39, 0.29) is 18.3 Å². The summed E-state index contributed by atoms with van der Waals surface area (Å²) < 4.78 is 18.1. The SMILES string of the molecule is N#CCOc1ccc(C=C2SC(=Nc3ccc(F)cc3)NC2=O)cc1. The van der Waals surface area contributed by atoms with E-state index in [1.165, 1.54) is 36.0 Å². The first-order valence-electron chi connectivity index (χ1n) is 7.29. The zero-order chi connectivity index (χ0) is 17.6. The molecule has 1 saturated heterocycles. The van der Waals surface area contributed by atoms with Crippen LogP contribution >= 0.6 is 11.8 Å². The van der Waals surface area contributed by atoms with Crippen molar-refractivity contribution in [3.63, 3.8) is 0 Å². The largest absolute Gasteiger partial charge is 0.479 e. The Morgan fingerprint density at radius 3 is 2.60 bits per heavy atom. The zero-order valence-electron chi connectivity index (χ0n) is 12.9. The Morgan fingerprint density at radius 2 is 1.92 bits per heavy atom. The van der Waals surface area contributed by atoms with Gasteiger partial charge in [-0.3, -0.25) is 4.79 Å². The quantitative estimate of drug-likeness (QED) is 0.852. The molecule has 0 unspecified atom stereocenters. The van der Waals surface area contributed by atoms with Crippen molar-refractivity contribution in [3.05, 3.63) is 64.8 Å². The van der Waals surface area contributed by atoms with Crippen LogP contribution in [0.25, 0.3) is 6.08 Å². The van der Waals surface area contributed by atoms with Gasteiger partial charge in [-0.1, -0.05) is 12.1 Å². The molecule has 5 nitrogen and oxygen atoms in total. The number of hydrogen-bond acceptors (Lipinski definition) is 5. The van der Waals surface area contributed by atoms with Gasteiger partial charge in [-0.05, 0) is 59.8 Å². The lowest BCUT2D eigenvalue weighted by atomic mass is 10.2. The zero-order valence-corrected chi connectivity index (χ0v) is 13.7. The number of ether oxygens (including phenoxy) is 1. The number of aliphatic imine (C=N–C) groups is 1. The minimum Gasteiger partial charge on any atom is -0.479 e. The molecule has 1 fully saturated rings. The van der Waals surface area contributed by atoms with Crippen LogP contribution in [-0.4, -0.2) is 17.7 Å². The second kappa shape index (κ2) is 7.64. The normalized spacial score (nSPS) is 16.7. The van der Waals surface area contributed by atoms with Gasteiger partial charge in [0.1, 0.15) is 17.6 Å². The molecule has 0 aromatic heterocycles.